The summed E-state index contributed by atoms with van der Waals surface area (Å²) in [7, 11) is 0. The molecule has 1 saturated heterocycles. The monoisotopic (exact) mass is 637 g/mol. The molecule has 1 atom stereocenters. The fourth-order valence-corrected chi connectivity index (χ4v) is 5.34. The second kappa shape index (κ2) is 15.1. The summed E-state index contributed by atoms with van der Waals surface area (Å²) in [5.74, 6) is -0.645. The summed E-state index contributed by atoms with van der Waals surface area (Å²) in [6, 6.07) is 13.6. The van der Waals surface area contributed by atoms with Gasteiger partial charge in [0.2, 0.25) is 5.82 Å². The van der Waals surface area contributed by atoms with Crippen LogP contribution >= 0.6 is 11.6 Å². The number of hydrogen-bond acceptors (Lipinski definition) is 8. The second-order valence-corrected chi connectivity index (χ2v) is 12.3. The van der Waals surface area contributed by atoms with Gasteiger partial charge in [0, 0.05) is 35.8 Å². The summed E-state index contributed by atoms with van der Waals surface area (Å²) in [6.45, 7) is 7.06. The molecule has 1 aromatic heterocycles. The Balaban J connectivity index is 1.27. The highest BCUT2D eigenvalue weighted by atomic mass is 35.5. The van der Waals surface area contributed by atoms with Gasteiger partial charge in [0.15, 0.2) is 5.96 Å². The number of carboxylic acids is 2. The van der Waals surface area contributed by atoms with E-state index in [2.05, 4.69) is 25.3 Å². The van der Waals surface area contributed by atoms with Crippen molar-refractivity contribution in [3.8, 4) is 22.8 Å². The molecule has 1 fully saturated rings. The Morgan fingerprint density at radius 1 is 1.18 bits per heavy atom. The van der Waals surface area contributed by atoms with Gasteiger partial charge in [0.25, 0.3) is 5.89 Å². The molecule has 0 bridgehead atoms. The molecule has 0 saturated carbocycles. The number of aliphatic imine (C=N–C) groups is 1. The Morgan fingerprint density at radius 3 is 2.51 bits per heavy atom. The predicted molar refractivity (Wildman–Crippen MR) is 172 cm³/mol. The maximum Gasteiger partial charge on any atom is 0.349 e. The number of aliphatic carboxylic acids is 2. The molecule has 1 aliphatic heterocycles. The first-order valence-electron chi connectivity index (χ1n) is 15.0. The Labute approximate surface area is 267 Å². The van der Waals surface area contributed by atoms with Gasteiger partial charge in [0.1, 0.15) is 5.71 Å². The topological polar surface area (TPSA) is 191 Å². The molecule has 0 aliphatic carbocycles. The van der Waals surface area contributed by atoms with Crippen LogP contribution in [0.25, 0.3) is 22.8 Å². The minimum atomic E-state index is -1.21. The van der Waals surface area contributed by atoms with Crippen molar-refractivity contribution in [1.29, 1.82) is 5.41 Å². The molecule has 13 heteroatoms. The highest BCUT2D eigenvalue weighted by Crippen LogP contribution is 2.32. The minimum Gasteiger partial charge on any atom is -0.481 e. The van der Waals surface area contributed by atoms with Gasteiger partial charge in [-0.15, -0.1) is 0 Å². The van der Waals surface area contributed by atoms with Gasteiger partial charge in [-0.25, -0.2) is 4.79 Å². The molecule has 45 heavy (non-hydrogen) atoms. The van der Waals surface area contributed by atoms with Gasteiger partial charge < -0.3 is 25.8 Å². The molecule has 3 aromatic rings. The first kappa shape index (κ1) is 33.6. The number of nitrogens with one attached hydrogen (secondary N) is 2. The highest BCUT2D eigenvalue weighted by molar-refractivity contribution is 6.34. The van der Waals surface area contributed by atoms with E-state index in [0.717, 1.165) is 36.3 Å². The number of carboxylic acid groups (broad SMARTS) is 2. The number of carbonyl (C=O) groups is 2. The number of likely N-dealkylation sites (tertiary alicyclic amines) is 1. The Morgan fingerprint density at radius 2 is 1.87 bits per heavy atom. The SMILES string of the molecule is CC(CN=C(N)NCCCC(=N)C(=O)O)Cc1ccc(-c2nc(-c3ccc(CN4CCC(C)(C(=O)O)CC4)cc3)no2)cc1Cl. The Bertz CT molecular complexity index is 1530. The molecule has 2 aromatic carbocycles. The zero-order valence-electron chi connectivity index (χ0n) is 25.6. The van der Waals surface area contributed by atoms with E-state index in [1.165, 1.54) is 0 Å². The maximum atomic E-state index is 11.5. The quantitative estimate of drug-likeness (QED) is 0.0939. The van der Waals surface area contributed by atoms with E-state index in [4.69, 9.17) is 32.4 Å². The van der Waals surface area contributed by atoms with Crippen molar-refractivity contribution in [3.63, 3.8) is 0 Å². The van der Waals surface area contributed by atoms with Crippen LogP contribution in [0.5, 0.6) is 0 Å². The Kier molecular flexibility index (Phi) is 11.3. The van der Waals surface area contributed by atoms with E-state index in [0.29, 0.717) is 61.1 Å². The van der Waals surface area contributed by atoms with Crippen molar-refractivity contribution < 1.29 is 24.3 Å². The van der Waals surface area contributed by atoms with E-state index in [-0.39, 0.29) is 24.0 Å². The molecule has 6 N–H and O–H groups in total. The van der Waals surface area contributed by atoms with Crippen molar-refractivity contribution in [1.82, 2.24) is 20.4 Å². The number of guanidine groups is 1. The normalized spacial score (nSPS) is 15.8. The van der Waals surface area contributed by atoms with E-state index < -0.39 is 17.4 Å². The van der Waals surface area contributed by atoms with Crippen molar-refractivity contribution in [2.24, 2.45) is 22.1 Å². The average Bonchev–Trinajstić information content (AvgIpc) is 3.51. The van der Waals surface area contributed by atoms with E-state index >= 15 is 0 Å². The van der Waals surface area contributed by atoms with Crippen LogP contribution < -0.4 is 11.1 Å². The first-order valence-corrected chi connectivity index (χ1v) is 15.3. The lowest BCUT2D eigenvalue weighted by atomic mass is 9.80. The number of piperidine rings is 1. The minimum absolute atomic E-state index is 0.159. The number of halogens is 1. The summed E-state index contributed by atoms with van der Waals surface area (Å²) in [6.07, 6.45) is 2.61. The van der Waals surface area contributed by atoms with E-state index in [9.17, 15) is 14.7 Å². The first-order chi connectivity index (χ1) is 21.4. The number of aromatic nitrogens is 2. The molecule has 1 aliphatic rings. The standard InChI is InChI=1S/C32H40ClN7O5/c1-20(18-37-31(35)36-13-3-4-26(34)29(41)42)16-23-9-10-24(17-25(23)33)28-38-27(39-45-28)22-7-5-21(6-8-22)19-40-14-11-32(2,12-15-40)30(43)44/h5-10,17,20,34H,3-4,11-16,18-19H2,1-2H3,(H,41,42)(H,43,44)(H3,35,36,37). The number of hydrogen-bond donors (Lipinski definition) is 5. The zero-order valence-corrected chi connectivity index (χ0v) is 26.3. The van der Waals surface area contributed by atoms with E-state index in [1.54, 1.807) is 0 Å². The molecule has 0 radical (unpaired) electrons. The molecule has 0 amide bonds. The number of benzene rings is 2. The third kappa shape index (κ3) is 9.35. The zero-order chi connectivity index (χ0) is 32.6. The van der Waals surface area contributed by atoms with Crippen LogP contribution in [0.1, 0.15) is 50.7 Å². The van der Waals surface area contributed by atoms with Gasteiger partial charge in [0.05, 0.1) is 5.41 Å². The Hall–Kier alpha value is -4.29. The van der Waals surface area contributed by atoms with Crippen LogP contribution in [0.3, 0.4) is 0 Å². The fraction of sp³-hybridized carbons (Fsp3) is 0.438. The lowest BCUT2D eigenvalue weighted by Gasteiger charge is -2.36. The molecule has 240 valence electrons. The molecule has 1 unspecified atom stereocenters. The van der Waals surface area contributed by atoms with Crippen molar-refractivity contribution in [3.05, 3.63) is 58.6 Å². The number of nitrogens with zero attached hydrogens (tertiary/aromatic N) is 4. The van der Waals surface area contributed by atoms with Crippen molar-refractivity contribution in [2.75, 3.05) is 26.2 Å². The van der Waals surface area contributed by atoms with Crippen molar-refractivity contribution >= 4 is 35.2 Å². The number of rotatable bonds is 14. The van der Waals surface area contributed by atoms with Crippen LogP contribution in [0.15, 0.2) is 52.0 Å². The average molecular weight is 638 g/mol. The lowest BCUT2D eigenvalue weighted by molar-refractivity contribution is -0.150. The largest absolute Gasteiger partial charge is 0.481 e. The molecule has 12 nitrogen and oxygen atoms in total. The summed E-state index contributed by atoms with van der Waals surface area (Å²) < 4.78 is 5.55. The fourth-order valence-electron chi connectivity index (χ4n) is 5.08. The summed E-state index contributed by atoms with van der Waals surface area (Å²) >= 11 is 6.62. The van der Waals surface area contributed by atoms with Gasteiger partial charge in [-0.3, -0.25) is 20.1 Å². The summed E-state index contributed by atoms with van der Waals surface area (Å²) in [5.41, 5.74) is 8.59. The van der Waals surface area contributed by atoms with Crippen LogP contribution in [-0.2, 0) is 22.6 Å². The smallest absolute Gasteiger partial charge is 0.349 e. The maximum absolute atomic E-state index is 11.5. The van der Waals surface area contributed by atoms with Crippen LogP contribution in [0.2, 0.25) is 5.02 Å². The van der Waals surface area contributed by atoms with Gasteiger partial charge in [-0.1, -0.05) is 54.0 Å². The molecule has 0 spiro atoms. The predicted octanol–water partition coefficient (Wildman–Crippen LogP) is 4.71. The summed E-state index contributed by atoms with van der Waals surface area (Å²) in [4.78, 5) is 33.4. The summed E-state index contributed by atoms with van der Waals surface area (Å²) in [5, 5.41) is 33.2. The lowest BCUT2D eigenvalue weighted by Crippen LogP contribution is -2.42. The van der Waals surface area contributed by atoms with Crippen LogP contribution in [0.4, 0.5) is 0 Å². The second-order valence-electron chi connectivity index (χ2n) is 11.9. The van der Waals surface area contributed by atoms with Crippen LogP contribution in [-0.4, -0.2) is 75.0 Å². The molecule has 4 rings (SSSR count). The van der Waals surface area contributed by atoms with E-state index in [1.807, 2.05) is 56.3 Å². The molecular weight excluding hydrogens is 598 g/mol. The third-order valence-corrected chi connectivity index (χ3v) is 8.48. The molecular formula is C32H40ClN7O5. The highest BCUT2D eigenvalue weighted by Gasteiger charge is 2.36. The van der Waals surface area contributed by atoms with Crippen LogP contribution in [0, 0.1) is 16.7 Å². The van der Waals surface area contributed by atoms with Gasteiger partial charge in [-0.05, 0) is 81.3 Å². The van der Waals surface area contributed by atoms with Gasteiger partial charge in [-0.2, -0.15) is 4.98 Å². The van der Waals surface area contributed by atoms with Crippen molar-refractivity contribution in [2.45, 2.75) is 52.5 Å². The molecule has 2 heterocycles. The third-order valence-electron chi connectivity index (χ3n) is 8.13. The number of nitrogens with two attached hydrogens (primary N) is 1. The van der Waals surface area contributed by atoms with Gasteiger partial charge >= 0.3 is 11.9 Å².